The van der Waals surface area contributed by atoms with Gasteiger partial charge in [-0.1, -0.05) is 29.8 Å². The fourth-order valence-corrected chi connectivity index (χ4v) is 4.65. The molecular weight excluding hydrogens is 528 g/mol. The molecule has 3 aromatic rings. The van der Waals surface area contributed by atoms with E-state index in [2.05, 4.69) is 15.2 Å². The van der Waals surface area contributed by atoms with Crippen LogP contribution in [0.3, 0.4) is 0 Å². The van der Waals surface area contributed by atoms with Gasteiger partial charge in [0.1, 0.15) is 4.90 Å². The van der Waals surface area contributed by atoms with Crippen LogP contribution in [0.5, 0.6) is 11.5 Å². The molecule has 3 N–H and O–H groups in total. The maximum Gasteiger partial charge on any atom is 0.341 e. The van der Waals surface area contributed by atoms with Crippen LogP contribution in [0.2, 0.25) is 5.02 Å². The number of carboxylic acids is 1. The highest BCUT2D eigenvalue weighted by Crippen LogP contribution is 2.34. The summed E-state index contributed by atoms with van der Waals surface area (Å²) in [5.74, 6) is -1.03. The van der Waals surface area contributed by atoms with E-state index in [1.165, 1.54) is 31.5 Å². The number of halogens is 1. The van der Waals surface area contributed by atoms with Crippen molar-refractivity contribution in [3.8, 4) is 11.5 Å². The highest BCUT2D eigenvalue weighted by Gasteiger charge is 2.23. The van der Waals surface area contributed by atoms with E-state index in [4.69, 9.17) is 26.2 Å². The monoisotopic (exact) mass is 548 g/mol. The lowest BCUT2D eigenvalue weighted by atomic mass is 10.2. The number of ether oxygens (including phenoxy) is 2. The second-order valence-corrected chi connectivity index (χ2v) is 9.52. The van der Waals surface area contributed by atoms with Crippen molar-refractivity contribution in [2.45, 2.75) is 11.8 Å². The summed E-state index contributed by atoms with van der Waals surface area (Å²) in [4.78, 5) is 21.1. The van der Waals surface area contributed by atoms with Crippen molar-refractivity contribution in [1.29, 1.82) is 0 Å². The lowest BCUT2D eigenvalue weighted by Gasteiger charge is -2.14. The molecule has 0 aliphatic carbocycles. The van der Waals surface area contributed by atoms with Gasteiger partial charge < -0.3 is 14.6 Å². The van der Waals surface area contributed by atoms with Crippen LogP contribution in [0.4, 0.5) is 17.1 Å². The van der Waals surface area contributed by atoms with Gasteiger partial charge in [0.15, 0.2) is 18.1 Å². The maximum atomic E-state index is 13.2. The Morgan fingerprint density at radius 2 is 1.92 bits per heavy atom. The van der Waals surface area contributed by atoms with Crippen LogP contribution >= 0.6 is 11.6 Å². The van der Waals surface area contributed by atoms with Crippen LogP contribution in [0.15, 0.2) is 64.6 Å². The summed E-state index contributed by atoms with van der Waals surface area (Å²) in [5.41, 5.74) is 3.22. The van der Waals surface area contributed by atoms with Gasteiger partial charge in [0, 0.05) is 28.8 Å². The van der Waals surface area contributed by atoms with E-state index in [1.807, 2.05) is 0 Å². The molecule has 14 heteroatoms. The van der Waals surface area contributed by atoms with Crippen LogP contribution in [-0.4, -0.2) is 44.3 Å². The lowest BCUT2D eigenvalue weighted by molar-refractivity contribution is -0.385. The number of nitro groups is 1. The number of nitrogens with zero attached hydrogens (tertiary/aromatic N) is 2. The molecule has 0 aliphatic rings. The Morgan fingerprint density at radius 3 is 2.57 bits per heavy atom. The van der Waals surface area contributed by atoms with E-state index >= 15 is 0 Å². The molecule has 0 atom stereocenters. The molecule has 0 unspecified atom stereocenters. The number of para-hydroxylation sites is 1. The SMILES string of the molecule is COc1cc(Cl)cc(/C=N/Nc2ccc([N+](=O)[O-])cc2S(=O)(=O)Nc2ccccc2C)c1OCC(=O)O. The smallest absolute Gasteiger partial charge is 0.341 e. The van der Waals surface area contributed by atoms with Gasteiger partial charge in [0.05, 0.1) is 29.6 Å². The molecule has 0 radical (unpaired) electrons. The standard InChI is InChI=1S/C23H21ClN4O8S/c1-14-5-3-4-6-18(14)27-37(33,34)21-11-17(28(31)32)7-8-19(21)26-25-12-15-9-16(24)10-20(35-2)23(15)36-13-22(29)30/h3-12,26-27H,13H2,1-2H3,(H,29,30)/b25-12+. The Hall–Kier alpha value is -4.36. The first kappa shape index (κ1) is 27.2. The number of benzene rings is 3. The van der Waals surface area contributed by atoms with E-state index in [9.17, 15) is 23.3 Å². The zero-order valence-electron chi connectivity index (χ0n) is 19.5. The quantitative estimate of drug-likeness (QED) is 0.180. The number of nitro benzene ring substituents is 1. The maximum absolute atomic E-state index is 13.2. The molecule has 3 rings (SSSR count). The molecule has 0 aliphatic heterocycles. The number of carbonyl (C=O) groups is 1. The third-order valence-electron chi connectivity index (χ3n) is 4.85. The fourth-order valence-electron chi connectivity index (χ4n) is 3.12. The fraction of sp³-hybridized carbons (Fsp3) is 0.130. The van der Waals surface area contributed by atoms with Crippen LogP contribution in [-0.2, 0) is 14.8 Å². The molecule has 3 aromatic carbocycles. The van der Waals surface area contributed by atoms with Crippen molar-refractivity contribution >= 4 is 50.9 Å². The number of hydrazone groups is 1. The largest absolute Gasteiger partial charge is 0.493 e. The van der Waals surface area contributed by atoms with Gasteiger partial charge in [-0.2, -0.15) is 5.10 Å². The van der Waals surface area contributed by atoms with Crippen LogP contribution in [0, 0.1) is 17.0 Å². The summed E-state index contributed by atoms with van der Waals surface area (Å²) in [6.45, 7) is 1.04. The number of aryl methyl sites for hydroxylation is 1. The van der Waals surface area contributed by atoms with Crippen molar-refractivity contribution in [3.63, 3.8) is 0 Å². The Morgan fingerprint density at radius 1 is 1.19 bits per heavy atom. The molecule has 0 saturated carbocycles. The number of sulfonamides is 1. The van der Waals surface area contributed by atoms with Gasteiger partial charge in [-0.25, -0.2) is 13.2 Å². The van der Waals surface area contributed by atoms with Crippen molar-refractivity contribution in [2.75, 3.05) is 23.9 Å². The highest BCUT2D eigenvalue weighted by atomic mass is 35.5. The van der Waals surface area contributed by atoms with Crippen molar-refractivity contribution in [1.82, 2.24) is 0 Å². The summed E-state index contributed by atoms with van der Waals surface area (Å²) in [6, 6.07) is 12.7. The van der Waals surface area contributed by atoms with Crippen LogP contribution in [0.25, 0.3) is 0 Å². The molecule has 12 nitrogen and oxygen atoms in total. The topological polar surface area (TPSA) is 169 Å². The van der Waals surface area contributed by atoms with Crippen molar-refractivity contribution < 1.29 is 32.7 Å². The summed E-state index contributed by atoms with van der Waals surface area (Å²) < 4.78 is 39.3. The average Bonchev–Trinajstić information content (AvgIpc) is 2.84. The zero-order chi connectivity index (χ0) is 27.2. The molecule has 0 fully saturated rings. The number of non-ortho nitro benzene ring substituents is 1. The first-order valence-corrected chi connectivity index (χ1v) is 12.3. The minimum atomic E-state index is -4.28. The van der Waals surface area contributed by atoms with Gasteiger partial charge >= 0.3 is 5.97 Å². The van der Waals surface area contributed by atoms with Crippen molar-refractivity contribution in [3.05, 3.63) is 80.9 Å². The molecule has 0 heterocycles. The van der Waals surface area contributed by atoms with Gasteiger partial charge in [-0.05, 0) is 30.7 Å². The lowest BCUT2D eigenvalue weighted by Crippen LogP contribution is -2.15. The number of aliphatic carboxylic acids is 1. The van der Waals surface area contributed by atoms with E-state index in [1.54, 1.807) is 31.2 Å². The van der Waals surface area contributed by atoms with Gasteiger partial charge in [0.25, 0.3) is 15.7 Å². The van der Waals surface area contributed by atoms with Gasteiger partial charge in [0.2, 0.25) is 0 Å². The number of carboxylic acid groups (broad SMARTS) is 1. The van der Waals surface area contributed by atoms with Gasteiger partial charge in [-0.15, -0.1) is 0 Å². The molecule has 0 aromatic heterocycles. The molecule has 194 valence electrons. The first-order chi connectivity index (χ1) is 17.5. The highest BCUT2D eigenvalue weighted by molar-refractivity contribution is 7.92. The molecule has 0 spiro atoms. The number of nitrogens with one attached hydrogen (secondary N) is 2. The van der Waals surface area contributed by atoms with E-state index < -0.39 is 38.1 Å². The minimum Gasteiger partial charge on any atom is -0.493 e. The predicted octanol–water partition coefficient (Wildman–Crippen LogP) is 4.28. The van der Waals surface area contributed by atoms with Crippen LogP contribution in [0.1, 0.15) is 11.1 Å². The summed E-state index contributed by atoms with van der Waals surface area (Å²) in [7, 11) is -2.94. The van der Waals surface area contributed by atoms with Gasteiger partial charge in [-0.3, -0.25) is 20.3 Å². The normalized spacial score (nSPS) is 11.2. The van der Waals surface area contributed by atoms with E-state index in [0.717, 1.165) is 12.1 Å². The molecule has 0 bridgehead atoms. The predicted molar refractivity (Wildman–Crippen MR) is 137 cm³/mol. The molecule has 0 saturated heterocycles. The molecule has 0 amide bonds. The molecule has 37 heavy (non-hydrogen) atoms. The second-order valence-electron chi connectivity index (χ2n) is 7.44. The Balaban J connectivity index is 1.99. The zero-order valence-corrected chi connectivity index (χ0v) is 21.0. The number of hydrogen-bond acceptors (Lipinski definition) is 9. The van der Waals surface area contributed by atoms with E-state index in [-0.39, 0.29) is 27.8 Å². The summed E-state index contributed by atoms with van der Waals surface area (Å²) >= 11 is 6.10. The third-order valence-corrected chi connectivity index (χ3v) is 6.48. The second kappa shape index (κ2) is 11.6. The van der Waals surface area contributed by atoms with E-state index in [0.29, 0.717) is 11.3 Å². The Bertz CT molecular complexity index is 1480. The average molecular weight is 549 g/mol. The number of rotatable bonds is 11. The number of anilines is 2. The Labute approximate surface area is 216 Å². The number of methoxy groups -OCH3 is 1. The number of hydrogen-bond donors (Lipinski definition) is 3. The third kappa shape index (κ3) is 6.86. The molecular formula is C23H21ClN4O8S. The Kier molecular flexibility index (Phi) is 8.52. The van der Waals surface area contributed by atoms with Crippen LogP contribution < -0.4 is 19.6 Å². The van der Waals surface area contributed by atoms with Crippen molar-refractivity contribution in [2.24, 2.45) is 5.10 Å². The first-order valence-electron chi connectivity index (χ1n) is 10.4. The summed E-state index contributed by atoms with van der Waals surface area (Å²) in [5, 5.41) is 24.5. The minimum absolute atomic E-state index is 0.0395. The summed E-state index contributed by atoms with van der Waals surface area (Å²) in [6.07, 6.45) is 1.21.